The van der Waals surface area contributed by atoms with E-state index in [-0.39, 0.29) is 0 Å². The molecule has 7 heteroatoms. The van der Waals surface area contributed by atoms with Crippen molar-refractivity contribution in [2.24, 2.45) is 4.99 Å². The standard InChI is InChI=1S/C14H12Cl2N4S/c1-2-20(10-3-5-17-6-4-10)14-18-12-8-9(15)7-11(16)13(12)21-19-14/h3-8H,2H2,1H3,(H,18,19). The Hall–Kier alpha value is -1.43. The van der Waals surface area contributed by atoms with Crippen molar-refractivity contribution in [2.45, 2.75) is 11.8 Å². The molecule has 0 spiro atoms. The maximum Gasteiger partial charge on any atom is 0.214 e. The van der Waals surface area contributed by atoms with Gasteiger partial charge in [-0.2, -0.15) is 0 Å². The molecule has 0 bridgehead atoms. The summed E-state index contributed by atoms with van der Waals surface area (Å²) in [6.07, 6.45) is 3.52. The van der Waals surface area contributed by atoms with Crippen molar-refractivity contribution >= 4 is 52.5 Å². The van der Waals surface area contributed by atoms with Crippen LogP contribution < -0.4 is 9.62 Å². The fraction of sp³-hybridized carbons (Fsp3) is 0.143. The molecule has 0 amide bonds. The zero-order valence-corrected chi connectivity index (χ0v) is 13.5. The number of anilines is 1. The molecule has 1 aromatic carbocycles. The molecule has 2 aromatic rings. The summed E-state index contributed by atoms with van der Waals surface area (Å²) in [5, 5.41) is 1.18. The Morgan fingerprint density at radius 1 is 1.24 bits per heavy atom. The smallest absolute Gasteiger partial charge is 0.214 e. The van der Waals surface area contributed by atoms with E-state index < -0.39 is 0 Å². The van der Waals surface area contributed by atoms with Gasteiger partial charge >= 0.3 is 0 Å². The van der Waals surface area contributed by atoms with E-state index in [0.717, 1.165) is 28.8 Å². The first-order valence-corrected chi connectivity index (χ1v) is 7.94. The molecule has 4 nitrogen and oxygen atoms in total. The second-order valence-electron chi connectivity index (χ2n) is 4.33. The van der Waals surface area contributed by atoms with Gasteiger partial charge in [0.2, 0.25) is 5.96 Å². The first-order valence-electron chi connectivity index (χ1n) is 6.37. The van der Waals surface area contributed by atoms with Crippen LogP contribution in [0.3, 0.4) is 0 Å². The fourth-order valence-electron chi connectivity index (χ4n) is 2.06. The molecule has 1 N–H and O–H groups in total. The number of nitrogens with one attached hydrogen (secondary N) is 1. The Balaban J connectivity index is 2.01. The van der Waals surface area contributed by atoms with Crippen LogP contribution in [-0.4, -0.2) is 17.5 Å². The van der Waals surface area contributed by atoms with Crippen molar-refractivity contribution in [3.05, 3.63) is 46.7 Å². The summed E-state index contributed by atoms with van der Waals surface area (Å²) < 4.78 is 3.23. The van der Waals surface area contributed by atoms with E-state index in [2.05, 4.69) is 26.5 Å². The highest BCUT2D eigenvalue weighted by Crippen LogP contribution is 2.40. The average molecular weight is 339 g/mol. The van der Waals surface area contributed by atoms with E-state index in [1.165, 1.54) is 11.9 Å². The van der Waals surface area contributed by atoms with E-state index in [4.69, 9.17) is 23.2 Å². The Morgan fingerprint density at radius 2 is 2.00 bits per heavy atom. The van der Waals surface area contributed by atoms with Crippen LogP contribution in [0, 0.1) is 0 Å². The van der Waals surface area contributed by atoms with Crippen molar-refractivity contribution in [1.29, 1.82) is 0 Å². The summed E-state index contributed by atoms with van der Waals surface area (Å²) in [7, 11) is 0. The van der Waals surface area contributed by atoms with Crippen LogP contribution in [0.5, 0.6) is 0 Å². The number of guanidine groups is 1. The van der Waals surface area contributed by atoms with Gasteiger partial charge < -0.3 is 4.90 Å². The Morgan fingerprint density at radius 3 is 2.71 bits per heavy atom. The lowest BCUT2D eigenvalue weighted by Crippen LogP contribution is -2.39. The van der Waals surface area contributed by atoms with Crippen LogP contribution in [0.2, 0.25) is 10.0 Å². The van der Waals surface area contributed by atoms with Crippen molar-refractivity contribution in [1.82, 2.24) is 9.71 Å². The number of nitrogens with zero attached hydrogens (tertiary/aromatic N) is 3. The van der Waals surface area contributed by atoms with E-state index in [1.54, 1.807) is 18.5 Å². The van der Waals surface area contributed by atoms with Crippen LogP contribution in [0.25, 0.3) is 0 Å². The van der Waals surface area contributed by atoms with Gasteiger partial charge in [0.1, 0.15) is 0 Å². The highest BCUT2D eigenvalue weighted by Gasteiger charge is 2.20. The number of aromatic nitrogens is 1. The number of rotatable bonds is 2. The molecule has 3 rings (SSSR count). The second kappa shape index (κ2) is 6.13. The van der Waals surface area contributed by atoms with Gasteiger partial charge in [-0.05, 0) is 43.1 Å². The first-order chi connectivity index (χ1) is 10.2. The van der Waals surface area contributed by atoms with Crippen molar-refractivity contribution in [2.75, 3.05) is 11.4 Å². The molecule has 1 aliphatic heterocycles. The van der Waals surface area contributed by atoms with Crippen molar-refractivity contribution in [3.8, 4) is 0 Å². The minimum atomic E-state index is 0.580. The molecule has 0 fully saturated rings. The molecule has 0 unspecified atom stereocenters. The normalized spacial score (nSPS) is 13.2. The van der Waals surface area contributed by atoms with Gasteiger partial charge in [0, 0.05) is 29.6 Å². The third kappa shape index (κ3) is 2.95. The molecule has 0 aliphatic carbocycles. The predicted octanol–water partition coefficient (Wildman–Crippen LogP) is 4.51. The number of hydrogen-bond acceptors (Lipinski definition) is 5. The zero-order valence-electron chi connectivity index (χ0n) is 11.2. The lowest BCUT2D eigenvalue weighted by atomic mass is 10.3. The van der Waals surface area contributed by atoms with Crippen LogP contribution in [0.4, 0.5) is 11.4 Å². The molecule has 108 valence electrons. The van der Waals surface area contributed by atoms with Gasteiger partial charge in [0.15, 0.2) is 0 Å². The molecule has 21 heavy (non-hydrogen) atoms. The maximum atomic E-state index is 6.19. The monoisotopic (exact) mass is 338 g/mol. The van der Waals surface area contributed by atoms with Crippen molar-refractivity contribution in [3.63, 3.8) is 0 Å². The van der Waals surface area contributed by atoms with Crippen LogP contribution >= 0.6 is 35.1 Å². The van der Waals surface area contributed by atoms with E-state index in [9.17, 15) is 0 Å². The number of halogens is 2. The molecule has 0 radical (unpaired) electrons. The third-order valence-electron chi connectivity index (χ3n) is 3.01. The minimum absolute atomic E-state index is 0.580. The Labute approximate surface area is 137 Å². The molecule has 0 saturated carbocycles. The number of hydrogen-bond donors (Lipinski definition) is 1. The average Bonchev–Trinajstić information content (AvgIpc) is 2.48. The summed E-state index contributed by atoms with van der Waals surface area (Å²) >= 11 is 13.7. The highest BCUT2D eigenvalue weighted by molar-refractivity contribution is 7.98. The molecule has 0 saturated heterocycles. The van der Waals surface area contributed by atoms with E-state index >= 15 is 0 Å². The molecule has 0 atom stereocenters. The lowest BCUT2D eigenvalue weighted by Gasteiger charge is -2.27. The minimum Gasteiger partial charge on any atom is -0.312 e. The number of fused-ring (bicyclic) bond motifs is 1. The number of aliphatic imine (C=N–C) groups is 1. The maximum absolute atomic E-state index is 6.19. The zero-order chi connectivity index (χ0) is 14.8. The molecule has 1 aromatic heterocycles. The van der Waals surface area contributed by atoms with Crippen LogP contribution in [0.1, 0.15) is 6.92 Å². The lowest BCUT2D eigenvalue weighted by molar-refractivity contribution is 1.02. The second-order valence-corrected chi connectivity index (χ2v) is 5.99. The van der Waals surface area contributed by atoms with Crippen LogP contribution in [-0.2, 0) is 0 Å². The Kier molecular flexibility index (Phi) is 4.24. The molecular formula is C14H12Cl2N4S. The summed E-state index contributed by atoms with van der Waals surface area (Å²) in [6, 6.07) is 7.42. The molecule has 1 aliphatic rings. The number of pyridine rings is 1. The first kappa shape index (κ1) is 14.5. The topological polar surface area (TPSA) is 40.5 Å². The summed E-state index contributed by atoms with van der Waals surface area (Å²) in [5.41, 5.74) is 1.80. The predicted molar refractivity (Wildman–Crippen MR) is 89.8 cm³/mol. The number of benzene rings is 1. The van der Waals surface area contributed by atoms with Gasteiger partial charge in [0.05, 0.1) is 15.6 Å². The fourth-order valence-corrected chi connectivity index (χ4v) is 3.37. The molecular weight excluding hydrogens is 327 g/mol. The quantitative estimate of drug-likeness (QED) is 0.817. The van der Waals surface area contributed by atoms with E-state index in [1.807, 2.05) is 18.2 Å². The molecule has 2 heterocycles. The van der Waals surface area contributed by atoms with Gasteiger partial charge in [-0.3, -0.25) is 9.71 Å². The summed E-state index contributed by atoms with van der Waals surface area (Å²) in [5.74, 6) is 0.750. The highest BCUT2D eigenvalue weighted by atomic mass is 35.5. The van der Waals surface area contributed by atoms with Gasteiger partial charge in [-0.25, -0.2) is 4.99 Å². The van der Waals surface area contributed by atoms with Gasteiger partial charge in [-0.15, -0.1) is 0 Å². The van der Waals surface area contributed by atoms with E-state index in [0.29, 0.717) is 10.0 Å². The largest absolute Gasteiger partial charge is 0.312 e. The van der Waals surface area contributed by atoms with Gasteiger partial charge in [-0.1, -0.05) is 23.2 Å². The van der Waals surface area contributed by atoms with Gasteiger partial charge in [0.25, 0.3) is 0 Å². The Bertz CT molecular complexity index is 691. The van der Waals surface area contributed by atoms with Crippen molar-refractivity contribution < 1.29 is 0 Å². The summed E-state index contributed by atoms with van der Waals surface area (Å²) in [4.78, 5) is 11.6. The SMILES string of the molecule is CCN(C1=Nc2cc(Cl)cc(Cl)c2SN1)c1ccncc1. The summed E-state index contributed by atoms with van der Waals surface area (Å²) in [6.45, 7) is 2.84. The van der Waals surface area contributed by atoms with Crippen LogP contribution in [0.15, 0.2) is 46.5 Å². The third-order valence-corrected chi connectivity index (χ3v) is 4.55.